The zero-order valence-corrected chi connectivity index (χ0v) is 15.8. The fourth-order valence-corrected chi connectivity index (χ4v) is 3.43. The molecule has 0 spiro atoms. The van der Waals surface area contributed by atoms with E-state index in [2.05, 4.69) is 5.32 Å². The maximum Gasteiger partial charge on any atom is 0.243 e. The topological polar surface area (TPSA) is 66.5 Å². The van der Waals surface area contributed by atoms with E-state index in [1.807, 2.05) is 19.9 Å². The molecule has 0 fully saturated rings. The van der Waals surface area contributed by atoms with E-state index >= 15 is 0 Å². The molecule has 2 aromatic rings. The molecule has 1 N–H and O–H groups in total. The molecular formula is C19H21FN2O3S. The molecule has 0 aliphatic rings. The number of rotatable bonds is 7. The molecule has 1 aromatic heterocycles. The van der Waals surface area contributed by atoms with E-state index in [0.29, 0.717) is 11.3 Å². The number of hydrogen-bond acceptors (Lipinski definition) is 4. The lowest BCUT2D eigenvalue weighted by Crippen LogP contribution is -2.35. The van der Waals surface area contributed by atoms with Crippen LogP contribution >= 0.6 is 11.3 Å². The number of carbonyl (C=O) groups is 3. The van der Waals surface area contributed by atoms with Crippen LogP contribution in [0.5, 0.6) is 0 Å². The Balaban J connectivity index is 1.81. The molecule has 0 radical (unpaired) electrons. The highest BCUT2D eigenvalue weighted by atomic mass is 32.1. The number of carbonyl (C=O) groups excluding carboxylic acids is 3. The average Bonchev–Trinajstić information content (AvgIpc) is 2.92. The lowest BCUT2D eigenvalue weighted by atomic mass is 10.1. The summed E-state index contributed by atoms with van der Waals surface area (Å²) < 4.78 is 12.8. The first-order valence-electron chi connectivity index (χ1n) is 8.16. The van der Waals surface area contributed by atoms with Crippen LogP contribution in [0.25, 0.3) is 0 Å². The maximum atomic E-state index is 12.8. The zero-order valence-electron chi connectivity index (χ0n) is 15.0. The maximum absolute atomic E-state index is 12.8. The quantitative estimate of drug-likeness (QED) is 0.752. The molecule has 1 aromatic carbocycles. The third-order valence-corrected chi connectivity index (χ3v) is 4.81. The molecule has 1 heterocycles. The van der Waals surface area contributed by atoms with Crippen molar-refractivity contribution >= 4 is 34.6 Å². The highest BCUT2D eigenvalue weighted by Gasteiger charge is 2.17. The molecule has 0 saturated carbocycles. The second-order valence-corrected chi connectivity index (χ2v) is 7.52. The van der Waals surface area contributed by atoms with Crippen molar-refractivity contribution in [1.29, 1.82) is 0 Å². The van der Waals surface area contributed by atoms with Gasteiger partial charge in [-0.25, -0.2) is 4.39 Å². The van der Waals surface area contributed by atoms with Gasteiger partial charge >= 0.3 is 0 Å². The molecular weight excluding hydrogens is 355 g/mol. The van der Waals surface area contributed by atoms with Gasteiger partial charge in [-0.1, -0.05) is 0 Å². The molecule has 0 saturated heterocycles. The summed E-state index contributed by atoms with van der Waals surface area (Å²) >= 11 is 1.56. The number of halogens is 1. The van der Waals surface area contributed by atoms with E-state index in [4.69, 9.17) is 0 Å². The standard InChI is InChI=1S/C19H21FN2O3S/c1-12-10-16(13(2)26-12)17(23)8-9-19(25)22(3)11-18(24)21-15-6-4-14(20)5-7-15/h4-7,10H,8-9,11H2,1-3H3,(H,21,24). The van der Waals surface area contributed by atoms with Crippen LogP contribution in [0.15, 0.2) is 30.3 Å². The van der Waals surface area contributed by atoms with Gasteiger partial charge in [0.1, 0.15) is 5.82 Å². The zero-order chi connectivity index (χ0) is 19.3. The van der Waals surface area contributed by atoms with Crippen LogP contribution in [0.4, 0.5) is 10.1 Å². The summed E-state index contributed by atoms with van der Waals surface area (Å²) in [6.45, 7) is 3.69. The Morgan fingerprint density at radius 2 is 1.77 bits per heavy atom. The molecule has 0 atom stereocenters. The number of ketones is 1. The van der Waals surface area contributed by atoms with Crippen molar-refractivity contribution in [2.24, 2.45) is 0 Å². The third-order valence-electron chi connectivity index (χ3n) is 3.84. The van der Waals surface area contributed by atoms with E-state index in [1.165, 1.54) is 36.2 Å². The fraction of sp³-hybridized carbons (Fsp3) is 0.316. The van der Waals surface area contributed by atoms with Gasteiger partial charge in [-0.15, -0.1) is 11.3 Å². The second-order valence-electron chi connectivity index (χ2n) is 6.05. The van der Waals surface area contributed by atoms with Crippen molar-refractivity contribution in [2.75, 3.05) is 18.9 Å². The number of nitrogens with one attached hydrogen (secondary N) is 1. The fourth-order valence-electron chi connectivity index (χ4n) is 2.49. The monoisotopic (exact) mass is 376 g/mol. The number of aryl methyl sites for hydroxylation is 2. The van der Waals surface area contributed by atoms with Gasteiger partial charge in [0.25, 0.3) is 0 Å². The van der Waals surface area contributed by atoms with E-state index in [1.54, 1.807) is 11.3 Å². The molecule has 2 amide bonds. The minimum Gasteiger partial charge on any atom is -0.336 e. The second kappa shape index (κ2) is 8.71. The highest BCUT2D eigenvalue weighted by Crippen LogP contribution is 2.22. The van der Waals surface area contributed by atoms with Crippen LogP contribution in [0, 0.1) is 19.7 Å². The first kappa shape index (κ1) is 19.8. The minimum absolute atomic E-state index is 0.0491. The van der Waals surface area contributed by atoms with E-state index in [9.17, 15) is 18.8 Å². The van der Waals surface area contributed by atoms with Gasteiger partial charge in [0.05, 0.1) is 6.54 Å². The Hall–Kier alpha value is -2.54. The summed E-state index contributed by atoms with van der Waals surface area (Å²) in [5.41, 5.74) is 1.12. The van der Waals surface area contributed by atoms with Crippen molar-refractivity contribution in [2.45, 2.75) is 26.7 Å². The number of likely N-dealkylation sites (N-methyl/N-ethyl adjacent to an activating group) is 1. The Bertz CT molecular complexity index is 815. The normalized spacial score (nSPS) is 10.5. The first-order valence-corrected chi connectivity index (χ1v) is 8.97. The van der Waals surface area contributed by atoms with Crippen LogP contribution in [0.2, 0.25) is 0 Å². The van der Waals surface area contributed by atoms with Crippen molar-refractivity contribution < 1.29 is 18.8 Å². The number of hydrogen-bond donors (Lipinski definition) is 1. The highest BCUT2D eigenvalue weighted by molar-refractivity contribution is 7.12. The smallest absolute Gasteiger partial charge is 0.243 e. The van der Waals surface area contributed by atoms with Crippen molar-refractivity contribution in [3.8, 4) is 0 Å². The van der Waals surface area contributed by atoms with E-state index in [-0.39, 0.29) is 37.0 Å². The predicted molar refractivity (Wildman–Crippen MR) is 100 cm³/mol. The lowest BCUT2D eigenvalue weighted by molar-refractivity contribution is -0.133. The lowest BCUT2D eigenvalue weighted by Gasteiger charge is -2.16. The predicted octanol–water partition coefficient (Wildman–Crippen LogP) is 3.56. The van der Waals surface area contributed by atoms with Crippen LogP contribution in [-0.4, -0.2) is 36.1 Å². The Kier molecular flexibility index (Phi) is 6.63. The Labute approximate surface area is 155 Å². The van der Waals surface area contributed by atoms with Crippen LogP contribution in [0.3, 0.4) is 0 Å². The van der Waals surface area contributed by atoms with Gasteiger partial charge in [-0.2, -0.15) is 0 Å². The molecule has 138 valence electrons. The molecule has 2 rings (SSSR count). The molecule has 0 aliphatic carbocycles. The number of benzene rings is 1. The average molecular weight is 376 g/mol. The van der Waals surface area contributed by atoms with Crippen LogP contribution in [0.1, 0.15) is 33.0 Å². The largest absolute Gasteiger partial charge is 0.336 e. The third kappa shape index (κ3) is 5.49. The molecule has 0 aliphatic heterocycles. The summed E-state index contributed by atoms with van der Waals surface area (Å²) in [5.74, 6) is -1.12. The summed E-state index contributed by atoms with van der Waals surface area (Å²) in [6, 6.07) is 7.21. The molecule has 26 heavy (non-hydrogen) atoms. The number of thiophene rings is 1. The molecule has 5 nitrogen and oxygen atoms in total. The molecule has 7 heteroatoms. The molecule has 0 unspecified atom stereocenters. The van der Waals surface area contributed by atoms with Gasteiger partial charge in [0, 0.05) is 40.9 Å². The first-order chi connectivity index (χ1) is 12.3. The summed E-state index contributed by atoms with van der Waals surface area (Å²) in [4.78, 5) is 39.6. The molecule has 0 bridgehead atoms. The van der Waals surface area contributed by atoms with Crippen molar-refractivity contribution in [3.05, 3.63) is 51.5 Å². The summed E-state index contributed by atoms with van der Waals surface area (Å²) in [7, 11) is 1.51. The van der Waals surface area contributed by atoms with Crippen LogP contribution < -0.4 is 5.32 Å². The van der Waals surface area contributed by atoms with Crippen molar-refractivity contribution in [1.82, 2.24) is 4.90 Å². The van der Waals surface area contributed by atoms with Crippen molar-refractivity contribution in [3.63, 3.8) is 0 Å². The summed E-state index contributed by atoms with van der Waals surface area (Å²) in [5, 5.41) is 2.59. The van der Waals surface area contributed by atoms with Gasteiger partial charge in [0.2, 0.25) is 11.8 Å². The summed E-state index contributed by atoms with van der Waals surface area (Å²) in [6.07, 6.45) is 0.160. The number of amides is 2. The minimum atomic E-state index is -0.393. The van der Waals surface area contributed by atoms with Gasteiger partial charge in [-0.3, -0.25) is 14.4 Å². The van der Waals surface area contributed by atoms with Crippen LogP contribution in [-0.2, 0) is 9.59 Å². The van der Waals surface area contributed by atoms with Gasteiger partial charge < -0.3 is 10.2 Å². The number of anilines is 1. The SMILES string of the molecule is Cc1cc(C(=O)CCC(=O)N(C)CC(=O)Nc2ccc(F)cc2)c(C)s1. The van der Waals surface area contributed by atoms with E-state index < -0.39 is 5.82 Å². The Morgan fingerprint density at radius 1 is 1.12 bits per heavy atom. The Morgan fingerprint density at radius 3 is 2.35 bits per heavy atom. The van der Waals surface area contributed by atoms with E-state index in [0.717, 1.165) is 9.75 Å². The number of nitrogens with zero attached hydrogens (tertiary/aromatic N) is 1. The van der Waals surface area contributed by atoms with Gasteiger partial charge in [-0.05, 0) is 44.2 Å². The number of Topliss-reactive ketones (excluding diaryl/α,β-unsaturated/α-hetero) is 1. The van der Waals surface area contributed by atoms with Gasteiger partial charge in [0.15, 0.2) is 5.78 Å².